The van der Waals surface area contributed by atoms with Crippen molar-refractivity contribution in [3.05, 3.63) is 41.4 Å². The maximum absolute atomic E-state index is 5.75. The normalized spacial score (nSPS) is 12.2. The molecular formula is C11H15ClN2O. The number of benzene rings is 1. The third-order valence-electron chi connectivity index (χ3n) is 2.03. The third-order valence-corrected chi connectivity index (χ3v) is 2.28. The van der Waals surface area contributed by atoms with Crippen LogP contribution in [0.1, 0.15) is 6.92 Å². The Hall–Kier alpha value is -1.03. The fraction of sp³-hybridized carbons (Fsp3) is 0.273. The molecular weight excluding hydrogens is 212 g/mol. The van der Waals surface area contributed by atoms with Crippen molar-refractivity contribution >= 4 is 11.6 Å². The molecule has 0 heterocycles. The Bertz CT molecular complexity index is 324. The summed E-state index contributed by atoms with van der Waals surface area (Å²) in [4.78, 5) is 0. The molecule has 0 aliphatic carbocycles. The van der Waals surface area contributed by atoms with Crippen LogP contribution in [0.4, 0.5) is 0 Å². The van der Waals surface area contributed by atoms with E-state index >= 15 is 0 Å². The standard InChI is InChI=1S/C11H15ClN2O/c1-8(2)11(14-13)7-15-10-5-3-9(12)4-6-10/h3-6,11,14H,1,7,13H2,2H3. The Morgan fingerprint density at radius 2 is 2.13 bits per heavy atom. The van der Waals surface area contributed by atoms with Crippen molar-refractivity contribution in [3.63, 3.8) is 0 Å². The Balaban J connectivity index is 2.49. The van der Waals surface area contributed by atoms with Crippen LogP contribution in [0.15, 0.2) is 36.4 Å². The van der Waals surface area contributed by atoms with Gasteiger partial charge in [0.1, 0.15) is 12.4 Å². The van der Waals surface area contributed by atoms with Gasteiger partial charge in [-0.25, -0.2) is 5.43 Å². The summed E-state index contributed by atoms with van der Waals surface area (Å²) in [5.41, 5.74) is 3.57. The predicted octanol–water partition coefficient (Wildman–Crippen LogP) is 2.13. The molecule has 0 saturated heterocycles. The molecule has 0 radical (unpaired) electrons. The number of hydrazine groups is 1. The molecule has 3 N–H and O–H groups in total. The fourth-order valence-corrected chi connectivity index (χ4v) is 1.17. The first-order valence-electron chi connectivity index (χ1n) is 4.63. The number of ether oxygens (including phenoxy) is 1. The van der Waals surface area contributed by atoms with Crippen molar-refractivity contribution in [1.29, 1.82) is 0 Å². The highest BCUT2D eigenvalue weighted by atomic mass is 35.5. The number of rotatable bonds is 5. The number of nitrogens with two attached hydrogens (primary N) is 1. The van der Waals surface area contributed by atoms with Crippen LogP contribution in [0.5, 0.6) is 5.75 Å². The zero-order valence-corrected chi connectivity index (χ0v) is 9.42. The summed E-state index contributed by atoms with van der Waals surface area (Å²) in [5, 5.41) is 0.691. The first kappa shape index (κ1) is 12.0. The van der Waals surface area contributed by atoms with Gasteiger partial charge in [0.05, 0.1) is 6.04 Å². The molecule has 1 aromatic rings. The van der Waals surface area contributed by atoms with Crippen LogP contribution >= 0.6 is 11.6 Å². The van der Waals surface area contributed by atoms with Crippen molar-refractivity contribution in [2.75, 3.05) is 6.61 Å². The molecule has 0 bridgehead atoms. The number of hydrogen-bond donors (Lipinski definition) is 2. The van der Waals surface area contributed by atoms with E-state index in [1.54, 1.807) is 12.1 Å². The van der Waals surface area contributed by atoms with Crippen molar-refractivity contribution < 1.29 is 4.74 Å². The second-order valence-corrected chi connectivity index (χ2v) is 3.77. The van der Waals surface area contributed by atoms with Crippen LogP contribution in [0, 0.1) is 0 Å². The predicted molar refractivity (Wildman–Crippen MR) is 62.9 cm³/mol. The molecule has 3 nitrogen and oxygen atoms in total. The molecule has 0 saturated carbocycles. The molecule has 1 aromatic carbocycles. The summed E-state index contributed by atoms with van der Waals surface area (Å²) in [5.74, 6) is 6.11. The molecule has 1 unspecified atom stereocenters. The molecule has 0 amide bonds. The second-order valence-electron chi connectivity index (χ2n) is 3.33. The van der Waals surface area contributed by atoms with Gasteiger partial charge in [-0.15, -0.1) is 0 Å². The van der Waals surface area contributed by atoms with E-state index in [0.717, 1.165) is 11.3 Å². The maximum Gasteiger partial charge on any atom is 0.119 e. The summed E-state index contributed by atoms with van der Waals surface area (Å²) in [6.07, 6.45) is 0. The van der Waals surface area contributed by atoms with Crippen LogP contribution in [0.25, 0.3) is 0 Å². The van der Waals surface area contributed by atoms with Gasteiger partial charge < -0.3 is 4.74 Å². The number of hydrogen-bond acceptors (Lipinski definition) is 3. The lowest BCUT2D eigenvalue weighted by atomic mass is 10.2. The highest BCUT2D eigenvalue weighted by molar-refractivity contribution is 6.30. The zero-order valence-electron chi connectivity index (χ0n) is 8.66. The summed E-state index contributed by atoms with van der Waals surface area (Å²) in [6, 6.07) is 7.15. The van der Waals surface area contributed by atoms with E-state index in [1.807, 2.05) is 19.1 Å². The molecule has 0 fully saturated rings. The van der Waals surface area contributed by atoms with Crippen molar-refractivity contribution in [3.8, 4) is 5.75 Å². The lowest BCUT2D eigenvalue weighted by Crippen LogP contribution is -2.40. The Kier molecular flexibility index (Phi) is 4.62. The Morgan fingerprint density at radius 3 is 2.60 bits per heavy atom. The minimum Gasteiger partial charge on any atom is -0.492 e. The molecule has 15 heavy (non-hydrogen) atoms. The van der Waals surface area contributed by atoms with E-state index in [2.05, 4.69) is 12.0 Å². The van der Waals surface area contributed by atoms with Crippen LogP contribution in [0.3, 0.4) is 0 Å². The monoisotopic (exact) mass is 226 g/mol. The van der Waals surface area contributed by atoms with Crippen molar-refractivity contribution in [1.82, 2.24) is 5.43 Å². The van der Waals surface area contributed by atoms with Crippen molar-refractivity contribution in [2.24, 2.45) is 5.84 Å². The molecule has 1 atom stereocenters. The van der Waals surface area contributed by atoms with E-state index in [0.29, 0.717) is 11.6 Å². The van der Waals surface area contributed by atoms with Gasteiger partial charge in [-0.2, -0.15) is 0 Å². The highest BCUT2D eigenvalue weighted by Crippen LogP contribution is 2.15. The molecule has 0 aliphatic heterocycles. The average Bonchev–Trinajstić information content (AvgIpc) is 2.21. The van der Waals surface area contributed by atoms with Crippen LogP contribution in [-0.2, 0) is 0 Å². The van der Waals surface area contributed by atoms with Crippen LogP contribution < -0.4 is 16.0 Å². The van der Waals surface area contributed by atoms with Gasteiger partial charge >= 0.3 is 0 Å². The minimum absolute atomic E-state index is 0.0410. The Labute approximate surface area is 94.8 Å². The van der Waals surface area contributed by atoms with Gasteiger partial charge in [-0.05, 0) is 31.2 Å². The number of nitrogens with one attached hydrogen (secondary N) is 1. The largest absolute Gasteiger partial charge is 0.492 e. The lowest BCUT2D eigenvalue weighted by molar-refractivity contribution is 0.282. The quantitative estimate of drug-likeness (QED) is 0.459. The molecule has 1 rings (SSSR count). The molecule has 82 valence electrons. The van der Waals surface area contributed by atoms with Gasteiger partial charge in [-0.1, -0.05) is 23.8 Å². The maximum atomic E-state index is 5.75. The third kappa shape index (κ3) is 3.91. The van der Waals surface area contributed by atoms with Gasteiger partial charge in [0.25, 0.3) is 0 Å². The van der Waals surface area contributed by atoms with E-state index in [9.17, 15) is 0 Å². The topological polar surface area (TPSA) is 47.3 Å². The zero-order chi connectivity index (χ0) is 11.3. The van der Waals surface area contributed by atoms with Crippen LogP contribution in [-0.4, -0.2) is 12.6 Å². The second kappa shape index (κ2) is 5.75. The lowest BCUT2D eigenvalue weighted by Gasteiger charge is -2.16. The summed E-state index contributed by atoms with van der Waals surface area (Å²) in [7, 11) is 0. The molecule has 0 aromatic heterocycles. The summed E-state index contributed by atoms with van der Waals surface area (Å²) < 4.78 is 5.51. The van der Waals surface area contributed by atoms with E-state index in [1.165, 1.54) is 0 Å². The SMILES string of the molecule is C=C(C)C(COc1ccc(Cl)cc1)NN. The Morgan fingerprint density at radius 1 is 1.53 bits per heavy atom. The smallest absolute Gasteiger partial charge is 0.119 e. The van der Waals surface area contributed by atoms with E-state index < -0.39 is 0 Å². The van der Waals surface area contributed by atoms with E-state index in [-0.39, 0.29) is 6.04 Å². The van der Waals surface area contributed by atoms with E-state index in [4.69, 9.17) is 22.2 Å². The van der Waals surface area contributed by atoms with Gasteiger partial charge in [0, 0.05) is 5.02 Å². The average molecular weight is 227 g/mol. The summed E-state index contributed by atoms with van der Waals surface area (Å²) >= 11 is 5.75. The highest BCUT2D eigenvalue weighted by Gasteiger charge is 2.07. The molecule has 0 aliphatic rings. The minimum atomic E-state index is -0.0410. The van der Waals surface area contributed by atoms with Crippen LogP contribution in [0.2, 0.25) is 5.02 Å². The first-order valence-corrected chi connectivity index (χ1v) is 5.01. The molecule has 4 heteroatoms. The van der Waals surface area contributed by atoms with Gasteiger partial charge in [0.2, 0.25) is 0 Å². The van der Waals surface area contributed by atoms with Crippen molar-refractivity contribution in [2.45, 2.75) is 13.0 Å². The molecule has 0 spiro atoms. The first-order chi connectivity index (χ1) is 7.13. The van der Waals surface area contributed by atoms with Gasteiger partial charge in [-0.3, -0.25) is 5.84 Å². The summed E-state index contributed by atoms with van der Waals surface area (Å²) in [6.45, 7) is 6.16. The fourth-order valence-electron chi connectivity index (χ4n) is 1.04. The van der Waals surface area contributed by atoms with Gasteiger partial charge in [0.15, 0.2) is 0 Å². The number of halogens is 1.